The van der Waals surface area contributed by atoms with Crippen molar-refractivity contribution in [2.75, 3.05) is 6.54 Å². The van der Waals surface area contributed by atoms with Crippen molar-refractivity contribution >= 4 is 56.0 Å². The lowest BCUT2D eigenvalue weighted by atomic mass is 10.0. The third kappa shape index (κ3) is 5.52. The van der Waals surface area contributed by atoms with Gasteiger partial charge in [-0.1, -0.05) is 41.9 Å². The molecule has 0 aliphatic rings. The van der Waals surface area contributed by atoms with E-state index in [9.17, 15) is 14.4 Å². The van der Waals surface area contributed by atoms with Gasteiger partial charge in [0.1, 0.15) is 11.7 Å². The highest BCUT2D eigenvalue weighted by Crippen LogP contribution is 2.20. The number of amides is 2. The third-order valence-corrected chi connectivity index (χ3v) is 6.07. The van der Waals surface area contributed by atoms with Crippen molar-refractivity contribution < 1.29 is 14.4 Å². The van der Waals surface area contributed by atoms with Crippen LogP contribution in [0.4, 0.5) is 0 Å². The summed E-state index contributed by atoms with van der Waals surface area (Å²) in [6.07, 6.45) is 3.54. The Morgan fingerprint density at radius 1 is 1.03 bits per heavy atom. The van der Waals surface area contributed by atoms with Crippen LogP contribution in [0.1, 0.15) is 26.4 Å². The number of halogens is 2. The molecule has 9 heteroatoms. The molecule has 1 atom stereocenters. The molecular formula is C25H20BrClN4O3. The van der Waals surface area contributed by atoms with Crippen molar-refractivity contribution in [1.29, 1.82) is 0 Å². The van der Waals surface area contributed by atoms with Crippen LogP contribution >= 0.6 is 27.5 Å². The largest absolute Gasteiger partial charge is 0.361 e. The van der Waals surface area contributed by atoms with Gasteiger partial charge in [0.25, 0.3) is 5.91 Å². The fourth-order valence-corrected chi connectivity index (χ4v) is 3.99. The molecule has 0 saturated carbocycles. The summed E-state index contributed by atoms with van der Waals surface area (Å²) in [7, 11) is 0. The van der Waals surface area contributed by atoms with Gasteiger partial charge in [-0.05, 0) is 51.8 Å². The smallest absolute Gasteiger partial charge is 0.253 e. The van der Waals surface area contributed by atoms with E-state index in [0.717, 1.165) is 20.9 Å². The van der Waals surface area contributed by atoms with E-state index < -0.39 is 17.9 Å². The molecule has 0 spiro atoms. The number of hydrogen-bond donors (Lipinski definition) is 3. The lowest BCUT2D eigenvalue weighted by Crippen LogP contribution is -2.49. The summed E-state index contributed by atoms with van der Waals surface area (Å²) < 4.78 is 0.745. The number of ketones is 1. The van der Waals surface area contributed by atoms with E-state index in [0.29, 0.717) is 0 Å². The average molecular weight is 540 g/mol. The van der Waals surface area contributed by atoms with Crippen LogP contribution in [0.5, 0.6) is 0 Å². The van der Waals surface area contributed by atoms with Gasteiger partial charge >= 0.3 is 0 Å². The quantitative estimate of drug-likeness (QED) is 0.290. The molecule has 0 fully saturated rings. The fourth-order valence-electron chi connectivity index (χ4n) is 3.53. The second-order valence-corrected chi connectivity index (χ2v) is 8.90. The molecule has 0 saturated heterocycles. The Balaban J connectivity index is 1.53. The van der Waals surface area contributed by atoms with Crippen LogP contribution in [-0.2, 0) is 11.2 Å². The molecule has 0 bridgehead atoms. The van der Waals surface area contributed by atoms with Crippen LogP contribution in [-0.4, -0.2) is 40.2 Å². The number of para-hydroxylation sites is 1. The molecule has 1 unspecified atom stereocenters. The number of fused-ring (bicyclic) bond motifs is 1. The number of aromatic amines is 1. The zero-order chi connectivity index (χ0) is 24.1. The minimum Gasteiger partial charge on any atom is -0.361 e. The zero-order valence-electron chi connectivity index (χ0n) is 17.8. The maximum atomic E-state index is 13.1. The zero-order valence-corrected chi connectivity index (χ0v) is 20.2. The summed E-state index contributed by atoms with van der Waals surface area (Å²) in [4.78, 5) is 45.7. The number of H-pyrrole nitrogens is 1. The molecule has 172 valence electrons. The standard InChI is InChI=1S/C25H20BrClN4O3/c26-16-9-10-21(29-13-16)23(32)14-30-25(34)22(31-24(33)18-6-1-3-7-19(18)27)11-15-12-28-20-8-4-2-5-17(15)20/h1-10,12-13,22,28H,11,14H2,(H,30,34)(H,31,33). The number of aromatic nitrogens is 2. The number of hydrogen-bond acceptors (Lipinski definition) is 4. The predicted molar refractivity (Wildman–Crippen MR) is 134 cm³/mol. The molecule has 2 heterocycles. The van der Waals surface area contributed by atoms with Crippen LogP contribution in [0.3, 0.4) is 0 Å². The number of pyridine rings is 1. The first-order valence-corrected chi connectivity index (χ1v) is 11.6. The average Bonchev–Trinajstić information content (AvgIpc) is 3.25. The van der Waals surface area contributed by atoms with Crippen LogP contribution in [0, 0.1) is 0 Å². The van der Waals surface area contributed by atoms with E-state index in [2.05, 4.69) is 36.5 Å². The predicted octanol–water partition coefficient (Wildman–Crippen LogP) is 4.32. The highest BCUT2D eigenvalue weighted by molar-refractivity contribution is 9.10. The van der Waals surface area contributed by atoms with Gasteiger partial charge in [0.15, 0.2) is 5.78 Å². The van der Waals surface area contributed by atoms with E-state index >= 15 is 0 Å². The number of nitrogens with one attached hydrogen (secondary N) is 3. The topological polar surface area (TPSA) is 104 Å². The molecule has 34 heavy (non-hydrogen) atoms. The van der Waals surface area contributed by atoms with Crippen molar-refractivity contribution in [2.45, 2.75) is 12.5 Å². The van der Waals surface area contributed by atoms with Crippen LogP contribution in [0.2, 0.25) is 5.02 Å². The van der Waals surface area contributed by atoms with Crippen molar-refractivity contribution in [1.82, 2.24) is 20.6 Å². The molecule has 3 N–H and O–H groups in total. The van der Waals surface area contributed by atoms with Gasteiger partial charge in [-0.3, -0.25) is 19.4 Å². The van der Waals surface area contributed by atoms with Crippen molar-refractivity contribution in [2.24, 2.45) is 0 Å². The van der Waals surface area contributed by atoms with E-state index in [4.69, 9.17) is 11.6 Å². The van der Waals surface area contributed by atoms with E-state index in [1.807, 2.05) is 30.5 Å². The monoisotopic (exact) mass is 538 g/mol. The minimum atomic E-state index is -0.936. The number of Topliss-reactive ketones (excluding diaryl/α,β-unsaturated/α-hetero) is 1. The normalized spacial score (nSPS) is 11.7. The maximum Gasteiger partial charge on any atom is 0.253 e. The molecule has 4 aromatic rings. The van der Waals surface area contributed by atoms with Crippen LogP contribution in [0.15, 0.2) is 77.5 Å². The van der Waals surface area contributed by atoms with Gasteiger partial charge in [0.2, 0.25) is 5.91 Å². The Bertz CT molecular complexity index is 1350. The van der Waals surface area contributed by atoms with Gasteiger partial charge < -0.3 is 15.6 Å². The molecule has 4 rings (SSSR count). The Kier molecular flexibility index (Phi) is 7.40. The Morgan fingerprint density at radius 2 is 1.79 bits per heavy atom. The number of carbonyl (C=O) groups is 3. The first kappa shape index (κ1) is 23.7. The number of benzene rings is 2. The molecule has 2 aromatic heterocycles. The van der Waals surface area contributed by atoms with Gasteiger partial charge in [-0.15, -0.1) is 0 Å². The lowest BCUT2D eigenvalue weighted by molar-refractivity contribution is -0.122. The first-order chi connectivity index (χ1) is 16.4. The van der Waals surface area contributed by atoms with E-state index in [1.165, 1.54) is 6.20 Å². The Labute approximate surface area is 209 Å². The summed E-state index contributed by atoms with van der Waals surface area (Å²) >= 11 is 9.44. The molecular weight excluding hydrogens is 520 g/mol. The summed E-state index contributed by atoms with van der Waals surface area (Å²) in [5.41, 5.74) is 2.27. The van der Waals surface area contributed by atoms with Gasteiger partial charge in [-0.2, -0.15) is 0 Å². The summed E-state index contributed by atoms with van der Waals surface area (Å²) in [6.45, 7) is -0.250. The van der Waals surface area contributed by atoms with Crippen LogP contribution in [0.25, 0.3) is 10.9 Å². The lowest BCUT2D eigenvalue weighted by Gasteiger charge is -2.19. The highest BCUT2D eigenvalue weighted by atomic mass is 79.9. The van der Waals surface area contributed by atoms with Crippen molar-refractivity contribution in [3.63, 3.8) is 0 Å². The first-order valence-electron chi connectivity index (χ1n) is 10.4. The van der Waals surface area contributed by atoms with Gasteiger partial charge in [0.05, 0.1) is 17.1 Å². The molecule has 7 nitrogen and oxygen atoms in total. The van der Waals surface area contributed by atoms with Crippen molar-refractivity contribution in [3.8, 4) is 0 Å². The van der Waals surface area contributed by atoms with Crippen molar-refractivity contribution in [3.05, 3.63) is 99.4 Å². The number of nitrogens with zero attached hydrogens (tertiary/aromatic N) is 1. The SMILES string of the molecule is O=C(CNC(=O)C(Cc1c[nH]c2ccccc12)NC(=O)c1ccccc1Cl)c1ccc(Br)cn1. The molecule has 0 aliphatic heterocycles. The number of carbonyl (C=O) groups excluding carboxylic acids is 3. The summed E-state index contributed by atoms with van der Waals surface area (Å²) in [6, 6.07) is 16.6. The fraction of sp³-hybridized carbons (Fsp3) is 0.120. The Hall–Kier alpha value is -3.49. The maximum absolute atomic E-state index is 13.1. The number of rotatable bonds is 8. The summed E-state index contributed by atoms with van der Waals surface area (Å²) in [5, 5.41) is 6.62. The second kappa shape index (κ2) is 10.6. The Morgan fingerprint density at radius 3 is 2.56 bits per heavy atom. The molecule has 2 amide bonds. The third-order valence-electron chi connectivity index (χ3n) is 5.28. The van der Waals surface area contributed by atoms with E-state index in [1.54, 1.807) is 36.4 Å². The minimum absolute atomic E-state index is 0.219. The van der Waals surface area contributed by atoms with Crippen LogP contribution < -0.4 is 10.6 Å². The second-order valence-electron chi connectivity index (χ2n) is 7.57. The molecule has 0 radical (unpaired) electrons. The molecule has 0 aliphatic carbocycles. The highest BCUT2D eigenvalue weighted by Gasteiger charge is 2.24. The van der Waals surface area contributed by atoms with E-state index in [-0.39, 0.29) is 35.0 Å². The summed E-state index contributed by atoms with van der Waals surface area (Å²) in [5.74, 6) is -1.31. The van der Waals surface area contributed by atoms with Gasteiger partial charge in [0, 0.05) is 34.2 Å². The molecule has 2 aromatic carbocycles. The van der Waals surface area contributed by atoms with Gasteiger partial charge in [-0.25, -0.2) is 0 Å².